The van der Waals surface area contributed by atoms with Crippen molar-refractivity contribution in [2.24, 2.45) is 0 Å². The highest BCUT2D eigenvalue weighted by Gasteiger charge is 2.18. The molecule has 0 saturated carbocycles. The second-order valence-corrected chi connectivity index (χ2v) is 5.45. The number of aromatic nitrogens is 1. The van der Waals surface area contributed by atoms with Gasteiger partial charge >= 0.3 is 5.97 Å². The van der Waals surface area contributed by atoms with E-state index in [-0.39, 0.29) is 18.3 Å². The maximum absolute atomic E-state index is 12.6. The van der Waals surface area contributed by atoms with Crippen LogP contribution in [0.5, 0.6) is 0 Å². The van der Waals surface area contributed by atoms with Gasteiger partial charge in [0, 0.05) is 27.5 Å². The van der Waals surface area contributed by atoms with Crippen molar-refractivity contribution in [3.8, 4) is 0 Å². The van der Waals surface area contributed by atoms with Gasteiger partial charge in [0.1, 0.15) is 6.54 Å². The minimum absolute atomic E-state index is 0.0834. The Morgan fingerprint density at radius 3 is 2.41 bits per heavy atom. The van der Waals surface area contributed by atoms with Crippen LogP contribution in [0.1, 0.15) is 34.2 Å². The van der Waals surface area contributed by atoms with E-state index in [0.29, 0.717) is 22.8 Å². The highest BCUT2D eigenvalue weighted by atomic mass is 35.5. The molecule has 0 N–H and O–H groups in total. The Morgan fingerprint density at radius 1 is 1.18 bits per heavy atom. The Labute approximate surface area is 134 Å². The SMILES string of the molecule is CCOC(=O)Cn1c(C)cc(C(=O)c2ccc(Cl)cc2)c1C. The average molecular weight is 320 g/mol. The van der Waals surface area contributed by atoms with Crippen LogP contribution < -0.4 is 0 Å². The van der Waals surface area contributed by atoms with Gasteiger partial charge in [0.2, 0.25) is 0 Å². The third-order valence-corrected chi connectivity index (χ3v) is 3.77. The fourth-order valence-electron chi connectivity index (χ4n) is 2.37. The number of hydrogen-bond donors (Lipinski definition) is 0. The van der Waals surface area contributed by atoms with Gasteiger partial charge in [-0.1, -0.05) is 11.6 Å². The fraction of sp³-hybridized carbons (Fsp3) is 0.294. The number of benzene rings is 1. The molecule has 4 nitrogen and oxygen atoms in total. The molecular weight excluding hydrogens is 302 g/mol. The number of esters is 1. The summed E-state index contributed by atoms with van der Waals surface area (Å²) in [6, 6.07) is 8.56. The second-order valence-electron chi connectivity index (χ2n) is 5.01. The van der Waals surface area contributed by atoms with Crippen LogP contribution in [-0.2, 0) is 16.1 Å². The molecule has 116 valence electrons. The highest BCUT2D eigenvalue weighted by molar-refractivity contribution is 6.30. The smallest absolute Gasteiger partial charge is 0.325 e. The lowest BCUT2D eigenvalue weighted by molar-refractivity contribution is -0.143. The summed E-state index contributed by atoms with van der Waals surface area (Å²) in [6.45, 7) is 5.91. The molecule has 0 saturated heterocycles. The van der Waals surface area contributed by atoms with Crippen LogP contribution in [0.2, 0.25) is 5.02 Å². The van der Waals surface area contributed by atoms with Crippen LogP contribution in [0.3, 0.4) is 0 Å². The van der Waals surface area contributed by atoms with E-state index in [1.54, 1.807) is 41.8 Å². The third-order valence-electron chi connectivity index (χ3n) is 3.52. The normalized spacial score (nSPS) is 10.5. The summed E-state index contributed by atoms with van der Waals surface area (Å²) in [5.74, 6) is -0.394. The van der Waals surface area contributed by atoms with E-state index in [9.17, 15) is 9.59 Å². The third kappa shape index (κ3) is 3.39. The fourth-order valence-corrected chi connectivity index (χ4v) is 2.49. The summed E-state index contributed by atoms with van der Waals surface area (Å²) < 4.78 is 6.76. The Morgan fingerprint density at radius 2 is 1.82 bits per heavy atom. The molecule has 2 rings (SSSR count). The molecule has 0 atom stereocenters. The number of rotatable bonds is 5. The lowest BCUT2D eigenvalue weighted by atomic mass is 10.0. The van der Waals surface area contributed by atoms with E-state index in [1.165, 1.54) is 0 Å². The highest BCUT2D eigenvalue weighted by Crippen LogP contribution is 2.20. The molecule has 22 heavy (non-hydrogen) atoms. The second kappa shape index (κ2) is 6.79. The van der Waals surface area contributed by atoms with Crippen molar-refractivity contribution < 1.29 is 14.3 Å². The Balaban J connectivity index is 2.31. The minimum atomic E-state index is -0.310. The molecule has 0 bridgehead atoms. The van der Waals surface area contributed by atoms with Crippen molar-refractivity contribution in [3.05, 3.63) is 57.9 Å². The van der Waals surface area contributed by atoms with Gasteiger partial charge < -0.3 is 9.30 Å². The largest absolute Gasteiger partial charge is 0.465 e. The molecule has 0 amide bonds. The first-order valence-corrected chi connectivity index (χ1v) is 7.44. The number of ketones is 1. The number of nitrogens with zero attached hydrogens (tertiary/aromatic N) is 1. The van der Waals surface area contributed by atoms with Gasteiger partial charge in [-0.3, -0.25) is 9.59 Å². The molecular formula is C17H18ClNO3. The first-order valence-electron chi connectivity index (χ1n) is 7.06. The van der Waals surface area contributed by atoms with Crippen LogP contribution in [0, 0.1) is 13.8 Å². The molecule has 5 heteroatoms. The zero-order chi connectivity index (χ0) is 16.3. The van der Waals surface area contributed by atoms with E-state index in [1.807, 2.05) is 13.8 Å². The predicted octanol–water partition coefficient (Wildman–Crippen LogP) is 3.55. The summed E-state index contributed by atoms with van der Waals surface area (Å²) in [4.78, 5) is 24.2. The van der Waals surface area contributed by atoms with Gasteiger partial charge in [-0.2, -0.15) is 0 Å². The first-order chi connectivity index (χ1) is 10.4. The summed E-state index contributed by atoms with van der Waals surface area (Å²) >= 11 is 5.84. The number of ether oxygens (including phenoxy) is 1. The molecule has 0 radical (unpaired) electrons. The van der Waals surface area contributed by atoms with Crippen LogP contribution in [0.4, 0.5) is 0 Å². The van der Waals surface area contributed by atoms with Crippen molar-refractivity contribution in [2.45, 2.75) is 27.3 Å². The maximum atomic E-state index is 12.6. The number of carbonyl (C=O) groups excluding carboxylic acids is 2. The van der Waals surface area contributed by atoms with Gasteiger partial charge in [-0.15, -0.1) is 0 Å². The van der Waals surface area contributed by atoms with Gasteiger partial charge in [-0.05, 0) is 51.1 Å². The molecule has 1 heterocycles. The molecule has 2 aromatic rings. The molecule has 0 unspecified atom stereocenters. The van der Waals surface area contributed by atoms with Gasteiger partial charge in [-0.25, -0.2) is 0 Å². The molecule has 0 fully saturated rings. The number of halogens is 1. The number of aryl methyl sites for hydroxylation is 1. The molecule has 1 aromatic carbocycles. The molecule has 0 aliphatic rings. The Bertz CT molecular complexity index is 701. The zero-order valence-corrected chi connectivity index (χ0v) is 13.6. The number of hydrogen-bond acceptors (Lipinski definition) is 3. The van der Waals surface area contributed by atoms with Crippen molar-refractivity contribution in [2.75, 3.05) is 6.61 Å². The molecule has 0 aliphatic heterocycles. The summed E-state index contributed by atoms with van der Waals surface area (Å²) in [5.41, 5.74) is 2.76. The zero-order valence-electron chi connectivity index (χ0n) is 12.9. The van der Waals surface area contributed by atoms with Crippen LogP contribution in [0.25, 0.3) is 0 Å². The topological polar surface area (TPSA) is 48.3 Å². The summed E-state index contributed by atoms with van der Waals surface area (Å²) in [5, 5.41) is 0.587. The van der Waals surface area contributed by atoms with E-state index in [2.05, 4.69) is 0 Å². The van der Waals surface area contributed by atoms with Gasteiger partial charge in [0.15, 0.2) is 5.78 Å². The number of carbonyl (C=O) groups is 2. The monoisotopic (exact) mass is 319 g/mol. The molecule has 0 spiro atoms. The van der Waals surface area contributed by atoms with Gasteiger partial charge in [0.05, 0.1) is 6.61 Å². The van der Waals surface area contributed by atoms with E-state index in [0.717, 1.165) is 11.4 Å². The standard InChI is InChI=1S/C17H18ClNO3/c1-4-22-16(20)10-19-11(2)9-15(12(19)3)17(21)13-5-7-14(18)8-6-13/h5-9H,4,10H2,1-3H3. The maximum Gasteiger partial charge on any atom is 0.325 e. The lowest BCUT2D eigenvalue weighted by Gasteiger charge is -2.09. The van der Waals surface area contributed by atoms with Crippen LogP contribution in [0.15, 0.2) is 30.3 Å². The van der Waals surface area contributed by atoms with E-state index < -0.39 is 0 Å². The van der Waals surface area contributed by atoms with Crippen LogP contribution in [-0.4, -0.2) is 22.9 Å². The predicted molar refractivity (Wildman–Crippen MR) is 85.4 cm³/mol. The molecule has 1 aromatic heterocycles. The average Bonchev–Trinajstić information content (AvgIpc) is 2.76. The van der Waals surface area contributed by atoms with E-state index in [4.69, 9.17) is 16.3 Å². The van der Waals surface area contributed by atoms with E-state index >= 15 is 0 Å². The van der Waals surface area contributed by atoms with Crippen molar-refractivity contribution in [1.29, 1.82) is 0 Å². The van der Waals surface area contributed by atoms with Crippen LogP contribution >= 0.6 is 11.6 Å². The van der Waals surface area contributed by atoms with Crippen molar-refractivity contribution in [1.82, 2.24) is 4.57 Å². The molecule has 0 aliphatic carbocycles. The lowest BCUT2D eigenvalue weighted by Crippen LogP contribution is -2.16. The van der Waals surface area contributed by atoms with Crippen molar-refractivity contribution in [3.63, 3.8) is 0 Å². The summed E-state index contributed by atoms with van der Waals surface area (Å²) in [7, 11) is 0. The Kier molecular flexibility index (Phi) is 5.03. The summed E-state index contributed by atoms with van der Waals surface area (Å²) in [6.07, 6.45) is 0. The Hall–Kier alpha value is -2.07. The first kappa shape index (κ1) is 16.3. The quantitative estimate of drug-likeness (QED) is 0.625. The van der Waals surface area contributed by atoms with Crippen molar-refractivity contribution >= 4 is 23.4 Å². The van der Waals surface area contributed by atoms with Gasteiger partial charge in [0.25, 0.3) is 0 Å². The minimum Gasteiger partial charge on any atom is -0.465 e.